The van der Waals surface area contributed by atoms with E-state index in [9.17, 15) is 8.78 Å². The highest BCUT2D eigenvalue weighted by molar-refractivity contribution is 6.30. The van der Waals surface area contributed by atoms with Crippen molar-refractivity contribution in [2.75, 3.05) is 13.2 Å². The third-order valence-electron chi connectivity index (χ3n) is 4.95. The third kappa shape index (κ3) is 4.17. The van der Waals surface area contributed by atoms with Gasteiger partial charge in [-0.15, -0.1) is 0 Å². The maximum Gasteiger partial charge on any atom is 0.222 e. The van der Waals surface area contributed by atoms with Crippen molar-refractivity contribution in [3.05, 3.63) is 87.9 Å². The number of aryl methyl sites for hydroxylation is 2. The van der Waals surface area contributed by atoms with Crippen LogP contribution in [0.4, 0.5) is 8.78 Å². The molecule has 30 heavy (non-hydrogen) atoms. The molecule has 0 bridgehead atoms. The van der Waals surface area contributed by atoms with Crippen molar-refractivity contribution in [1.29, 1.82) is 0 Å². The van der Waals surface area contributed by atoms with Gasteiger partial charge in [0.05, 0.1) is 0 Å². The highest BCUT2D eigenvalue weighted by Crippen LogP contribution is 2.31. The smallest absolute Gasteiger partial charge is 0.222 e. The zero-order chi connectivity index (χ0) is 21.3. The molecule has 1 unspecified atom stereocenters. The van der Waals surface area contributed by atoms with Crippen LogP contribution < -0.4 is 4.74 Å². The number of aliphatic imine (C=N–C) groups is 1. The van der Waals surface area contributed by atoms with E-state index in [2.05, 4.69) is 17.1 Å². The van der Waals surface area contributed by atoms with E-state index in [1.54, 1.807) is 0 Å². The van der Waals surface area contributed by atoms with E-state index in [1.807, 2.05) is 38.1 Å². The molecule has 3 aromatic rings. The molecule has 0 fully saturated rings. The fraction of sp³-hybridized carbons (Fsp3) is 0.208. The van der Waals surface area contributed by atoms with Gasteiger partial charge in [0.15, 0.2) is 0 Å². The summed E-state index contributed by atoms with van der Waals surface area (Å²) in [5.41, 5.74) is 3.89. The summed E-state index contributed by atoms with van der Waals surface area (Å²) in [4.78, 5) is 4.30. The SMILES string of the molecule is Cc1cc(-c2ccc(Cl)cc2)cc(C)c1OCC1COC(c2c(F)cccc2F)=N1. The molecule has 6 heteroatoms. The highest BCUT2D eigenvalue weighted by atomic mass is 35.5. The summed E-state index contributed by atoms with van der Waals surface area (Å²) in [6, 6.07) is 15.1. The molecule has 0 aromatic heterocycles. The van der Waals surface area contributed by atoms with Crippen molar-refractivity contribution in [3.63, 3.8) is 0 Å². The first-order valence-electron chi connectivity index (χ1n) is 9.57. The molecule has 1 aliphatic rings. The Bertz CT molecular complexity index is 1070. The van der Waals surface area contributed by atoms with E-state index in [1.165, 1.54) is 18.2 Å². The minimum absolute atomic E-state index is 0.0225. The van der Waals surface area contributed by atoms with Gasteiger partial charge in [-0.1, -0.05) is 29.8 Å². The van der Waals surface area contributed by atoms with Gasteiger partial charge in [-0.05, 0) is 72.5 Å². The molecule has 4 rings (SSSR count). The molecule has 1 atom stereocenters. The van der Waals surface area contributed by atoms with E-state index < -0.39 is 11.6 Å². The average Bonchev–Trinajstić information content (AvgIpc) is 3.16. The Hall–Kier alpha value is -2.92. The molecule has 0 N–H and O–H groups in total. The number of hydrogen-bond donors (Lipinski definition) is 0. The van der Waals surface area contributed by atoms with E-state index in [0.717, 1.165) is 28.0 Å². The quantitative estimate of drug-likeness (QED) is 0.490. The summed E-state index contributed by atoms with van der Waals surface area (Å²) in [6.07, 6.45) is 0. The monoisotopic (exact) mass is 427 g/mol. The number of ether oxygens (including phenoxy) is 2. The minimum Gasteiger partial charge on any atom is -0.491 e. The normalized spacial score (nSPS) is 15.6. The van der Waals surface area contributed by atoms with Crippen LogP contribution in [0.3, 0.4) is 0 Å². The van der Waals surface area contributed by atoms with Crippen molar-refractivity contribution in [2.24, 2.45) is 4.99 Å². The summed E-state index contributed by atoms with van der Waals surface area (Å²) >= 11 is 5.97. The molecule has 0 aliphatic carbocycles. The molecule has 0 saturated carbocycles. The Balaban J connectivity index is 1.49. The lowest BCUT2D eigenvalue weighted by atomic mass is 10.00. The van der Waals surface area contributed by atoms with E-state index in [0.29, 0.717) is 5.02 Å². The van der Waals surface area contributed by atoms with Gasteiger partial charge in [-0.3, -0.25) is 0 Å². The molecule has 0 amide bonds. The Morgan fingerprint density at radius 2 is 1.63 bits per heavy atom. The van der Waals surface area contributed by atoms with Crippen molar-refractivity contribution in [2.45, 2.75) is 19.9 Å². The second-order valence-corrected chi connectivity index (χ2v) is 7.69. The van der Waals surface area contributed by atoms with Crippen molar-refractivity contribution in [3.8, 4) is 16.9 Å². The van der Waals surface area contributed by atoms with Gasteiger partial charge in [0.2, 0.25) is 5.90 Å². The Morgan fingerprint density at radius 1 is 1.00 bits per heavy atom. The summed E-state index contributed by atoms with van der Waals surface area (Å²) in [7, 11) is 0. The summed E-state index contributed by atoms with van der Waals surface area (Å²) in [5, 5.41) is 0.695. The van der Waals surface area contributed by atoms with E-state index >= 15 is 0 Å². The predicted octanol–water partition coefficient (Wildman–Crippen LogP) is 6.13. The number of hydrogen-bond acceptors (Lipinski definition) is 3. The van der Waals surface area contributed by atoms with E-state index in [-0.39, 0.29) is 30.7 Å². The second-order valence-electron chi connectivity index (χ2n) is 7.25. The second kappa shape index (κ2) is 8.44. The standard InChI is InChI=1S/C24H20ClF2NO2/c1-14-10-17(16-6-8-18(25)9-7-16)11-15(2)23(14)29-12-19-13-30-24(28-19)22-20(26)4-3-5-21(22)27/h3-11,19H,12-13H2,1-2H3. The van der Waals surface area contributed by atoms with Gasteiger partial charge < -0.3 is 9.47 Å². The highest BCUT2D eigenvalue weighted by Gasteiger charge is 2.25. The zero-order valence-corrected chi connectivity index (χ0v) is 17.3. The van der Waals surface area contributed by atoms with Crippen LogP contribution in [0.2, 0.25) is 5.02 Å². The largest absolute Gasteiger partial charge is 0.491 e. The van der Waals surface area contributed by atoms with Crippen molar-refractivity contribution < 1.29 is 18.3 Å². The number of benzene rings is 3. The van der Waals surface area contributed by atoms with Gasteiger partial charge in [0, 0.05) is 5.02 Å². The topological polar surface area (TPSA) is 30.8 Å². The van der Waals surface area contributed by atoms with Crippen LogP contribution in [0.25, 0.3) is 11.1 Å². The van der Waals surface area contributed by atoms with Crippen LogP contribution >= 0.6 is 11.6 Å². The first-order valence-corrected chi connectivity index (χ1v) is 9.95. The fourth-order valence-corrected chi connectivity index (χ4v) is 3.63. The lowest BCUT2D eigenvalue weighted by Gasteiger charge is -2.15. The van der Waals surface area contributed by atoms with Crippen LogP contribution in [0.15, 0.2) is 59.6 Å². The molecular formula is C24H20ClF2NO2. The van der Waals surface area contributed by atoms with Gasteiger partial charge >= 0.3 is 0 Å². The molecule has 3 nitrogen and oxygen atoms in total. The molecule has 154 valence electrons. The first kappa shape index (κ1) is 20.4. The summed E-state index contributed by atoms with van der Waals surface area (Å²) in [6.45, 7) is 4.43. The maximum absolute atomic E-state index is 13.9. The molecule has 0 spiro atoms. The molecule has 3 aromatic carbocycles. The molecule has 1 heterocycles. The third-order valence-corrected chi connectivity index (χ3v) is 5.20. The van der Waals surface area contributed by atoms with Crippen LogP contribution in [0.1, 0.15) is 16.7 Å². The van der Waals surface area contributed by atoms with Crippen LogP contribution in [0.5, 0.6) is 5.75 Å². The maximum atomic E-state index is 13.9. The molecule has 0 radical (unpaired) electrons. The zero-order valence-electron chi connectivity index (χ0n) is 16.6. The number of nitrogens with zero attached hydrogens (tertiary/aromatic N) is 1. The fourth-order valence-electron chi connectivity index (χ4n) is 3.51. The Morgan fingerprint density at radius 3 is 2.27 bits per heavy atom. The van der Waals surface area contributed by atoms with Crippen molar-refractivity contribution in [1.82, 2.24) is 0 Å². The van der Waals surface area contributed by atoms with Crippen LogP contribution in [-0.4, -0.2) is 25.2 Å². The van der Waals surface area contributed by atoms with Crippen LogP contribution in [0, 0.1) is 25.5 Å². The van der Waals surface area contributed by atoms with Gasteiger partial charge in [-0.2, -0.15) is 0 Å². The molecule has 0 saturated heterocycles. The molecule has 1 aliphatic heterocycles. The Kier molecular flexibility index (Phi) is 5.73. The van der Waals surface area contributed by atoms with Crippen LogP contribution in [-0.2, 0) is 4.74 Å². The van der Waals surface area contributed by atoms with Crippen molar-refractivity contribution >= 4 is 17.5 Å². The predicted molar refractivity (Wildman–Crippen MR) is 114 cm³/mol. The number of halogens is 3. The van der Waals surface area contributed by atoms with Gasteiger partial charge in [0.25, 0.3) is 0 Å². The average molecular weight is 428 g/mol. The lowest BCUT2D eigenvalue weighted by Crippen LogP contribution is -2.17. The van der Waals surface area contributed by atoms with Gasteiger partial charge in [-0.25, -0.2) is 13.8 Å². The molecular weight excluding hydrogens is 408 g/mol. The lowest BCUT2D eigenvalue weighted by molar-refractivity contribution is 0.241. The van der Waals surface area contributed by atoms with Gasteiger partial charge in [0.1, 0.15) is 42.2 Å². The Labute approximate surface area is 178 Å². The summed E-state index contributed by atoms with van der Waals surface area (Å²) in [5.74, 6) is -0.640. The first-order chi connectivity index (χ1) is 14.4. The number of rotatable bonds is 5. The van der Waals surface area contributed by atoms with E-state index in [4.69, 9.17) is 21.1 Å². The minimum atomic E-state index is -0.695. The summed E-state index contributed by atoms with van der Waals surface area (Å²) < 4.78 is 39.3.